The molecule has 1 N–H and O–H groups in total. The maximum Gasteiger partial charge on any atom is 0.241 e. The lowest BCUT2D eigenvalue weighted by molar-refractivity contribution is -0.129. The maximum absolute atomic E-state index is 11.8. The number of piperazine rings is 1. The van der Waals surface area contributed by atoms with Gasteiger partial charge < -0.3 is 19.9 Å². The summed E-state index contributed by atoms with van der Waals surface area (Å²) in [4.78, 5) is 24.1. The van der Waals surface area contributed by atoms with Crippen LogP contribution in [0, 0.1) is 5.41 Å². The number of rotatable bonds is 5. The van der Waals surface area contributed by atoms with Crippen molar-refractivity contribution in [2.75, 3.05) is 50.6 Å². The van der Waals surface area contributed by atoms with E-state index in [-0.39, 0.29) is 17.4 Å². The van der Waals surface area contributed by atoms with E-state index in [1.165, 1.54) is 6.33 Å². The van der Waals surface area contributed by atoms with Gasteiger partial charge in [0.25, 0.3) is 0 Å². The number of methoxy groups -OCH3 is 1. The fourth-order valence-corrected chi connectivity index (χ4v) is 2.51. The maximum atomic E-state index is 11.8. The van der Waals surface area contributed by atoms with Gasteiger partial charge in [0, 0.05) is 39.9 Å². The predicted molar refractivity (Wildman–Crippen MR) is 90.6 cm³/mol. The molecule has 7 heteroatoms. The Hall–Kier alpha value is -1.89. The third-order valence-electron chi connectivity index (χ3n) is 4.15. The molecule has 1 amide bonds. The van der Waals surface area contributed by atoms with Crippen LogP contribution in [0.5, 0.6) is 0 Å². The van der Waals surface area contributed by atoms with Gasteiger partial charge in [-0.3, -0.25) is 4.79 Å². The molecule has 0 bridgehead atoms. The van der Waals surface area contributed by atoms with Crippen molar-refractivity contribution >= 4 is 17.5 Å². The van der Waals surface area contributed by atoms with E-state index in [2.05, 4.69) is 36.1 Å². The van der Waals surface area contributed by atoms with Crippen LogP contribution in [0.3, 0.4) is 0 Å². The third-order valence-corrected chi connectivity index (χ3v) is 4.15. The van der Waals surface area contributed by atoms with Crippen LogP contribution in [0.25, 0.3) is 0 Å². The van der Waals surface area contributed by atoms with Gasteiger partial charge in [0.2, 0.25) is 5.91 Å². The Morgan fingerprint density at radius 3 is 2.70 bits per heavy atom. The summed E-state index contributed by atoms with van der Waals surface area (Å²) < 4.78 is 5.54. The number of hydrogen-bond acceptors (Lipinski definition) is 6. The van der Waals surface area contributed by atoms with Crippen LogP contribution in [0.15, 0.2) is 12.4 Å². The van der Waals surface area contributed by atoms with Crippen LogP contribution >= 0.6 is 0 Å². The average Bonchev–Trinajstić information content (AvgIpc) is 2.49. The molecule has 1 saturated heterocycles. The number of likely N-dealkylation sites (N-methyl/N-ethyl adjacent to an activating group) is 1. The predicted octanol–water partition coefficient (Wildman–Crippen LogP) is 1.23. The van der Waals surface area contributed by atoms with E-state index in [4.69, 9.17) is 4.74 Å². The molecule has 1 unspecified atom stereocenters. The van der Waals surface area contributed by atoms with Gasteiger partial charge in [-0.25, -0.2) is 9.97 Å². The van der Waals surface area contributed by atoms with Crippen molar-refractivity contribution in [2.45, 2.75) is 26.9 Å². The van der Waals surface area contributed by atoms with Crippen molar-refractivity contribution in [2.24, 2.45) is 5.41 Å². The summed E-state index contributed by atoms with van der Waals surface area (Å²) in [6.45, 7) is 8.94. The molecule has 0 aliphatic carbocycles. The zero-order chi connectivity index (χ0) is 17.0. The number of aromatic nitrogens is 2. The van der Waals surface area contributed by atoms with Crippen molar-refractivity contribution in [1.82, 2.24) is 14.9 Å². The lowest BCUT2D eigenvalue weighted by Gasteiger charge is -2.33. The fourth-order valence-electron chi connectivity index (χ4n) is 2.51. The van der Waals surface area contributed by atoms with Crippen LogP contribution in [-0.4, -0.2) is 67.2 Å². The summed E-state index contributed by atoms with van der Waals surface area (Å²) >= 11 is 0. The second-order valence-corrected chi connectivity index (χ2v) is 6.97. The van der Waals surface area contributed by atoms with Gasteiger partial charge in [-0.05, 0) is 5.41 Å². The number of nitrogens with one attached hydrogen (secondary N) is 1. The lowest BCUT2D eigenvalue weighted by atomic mass is 9.89. The largest absolute Gasteiger partial charge is 0.379 e. The summed E-state index contributed by atoms with van der Waals surface area (Å²) in [7, 11) is 3.54. The number of hydrogen-bond donors (Lipinski definition) is 1. The lowest BCUT2D eigenvalue weighted by Crippen LogP contribution is -2.48. The number of ether oxygens (including phenoxy) is 1. The number of carbonyl (C=O) groups excluding carboxylic acids is 1. The standard InChI is InChI=1S/C16H27N5O2/c1-16(2,3)12(23-5)9-17-13-8-14(19-11-18-13)21-7-6-20(4)15(22)10-21/h8,11-12H,6-7,9-10H2,1-5H3,(H,17,18,19). The monoisotopic (exact) mass is 321 g/mol. The van der Waals surface area contributed by atoms with Crippen molar-refractivity contribution in [1.29, 1.82) is 0 Å². The van der Waals surface area contributed by atoms with E-state index in [1.807, 2.05) is 18.0 Å². The zero-order valence-electron chi connectivity index (χ0n) is 14.7. The van der Waals surface area contributed by atoms with Crippen LogP contribution < -0.4 is 10.2 Å². The summed E-state index contributed by atoms with van der Waals surface area (Å²) in [5.41, 5.74) is 0.0431. The minimum absolute atomic E-state index is 0.0431. The van der Waals surface area contributed by atoms with E-state index in [1.54, 1.807) is 12.0 Å². The Balaban J connectivity index is 2.01. The van der Waals surface area contributed by atoms with Gasteiger partial charge in [0.05, 0.1) is 12.6 Å². The van der Waals surface area contributed by atoms with Gasteiger partial charge in [-0.2, -0.15) is 0 Å². The summed E-state index contributed by atoms with van der Waals surface area (Å²) in [6, 6.07) is 1.88. The smallest absolute Gasteiger partial charge is 0.241 e. The molecule has 128 valence electrons. The Morgan fingerprint density at radius 2 is 2.09 bits per heavy atom. The molecule has 0 aromatic carbocycles. The summed E-state index contributed by atoms with van der Waals surface area (Å²) in [5.74, 6) is 1.62. The van der Waals surface area contributed by atoms with E-state index in [0.717, 1.165) is 18.2 Å². The molecule has 2 rings (SSSR count). The molecular weight excluding hydrogens is 294 g/mol. The number of amides is 1. The van der Waals surface area contributed by atoms with Gasteiger partial charge in [-0.15, -0.1) is 0 Å². The fraction of sp³-hybridized carbons (Fsp3) is 0.688. The highest BCUT2D eigenvalue weighted by Gasteiger charge is 2.25. The molecule has 7 nitrogen and oxygen atoms in total. The molecule has 1 aliphatic rings. The first-order valence-corrected chi connectivity index (χ1v) is 7.89. The summed E-state index contributed by atoms with van der Waals surface area (Å²) in [6.07, 6.45) is 1.60. The molecule has 1 fully saturated rings. The van der Waals surface area contributed by atoms with E-state index in [9.17, 15) is 4.79 Å². The highest BCUT2D eigenvalue weighted by atomic mass is 16.5. The van der Waals surface area contributed by atoms with Crippen LogP contribution in [0.2, 0.25) is 0 Å². The Bertz CT molecular complexity index is 544. The highest BCUT2D eigenvalue weighted by Crippen LogP contribution is 2.22. The Morgan fingerprint density at radius 1 is 1.35 bits per heavy atom. The Kier molecular flexibility index (Phi) is 5.41. The Labute approximate surface area is 138 Å². The second-order valence-electron chi connectivity index (χ2n) is 6.97. The van der Waals surface area contributed by atoms with E-state index in [0.29, 0.717) is 19.6 Å². The molecule has 0 spiro atoms. The van der Waals surface area contributed by atoms with Crippen molar-refractivity contribution in [3.63, 3.8) is 0 Å². The minimum Gasteiger partial charge on any atom is -0.379 e. The molecule has 23 heavy (non-hydrogen) atoms. The molecule has 0 saturated carbocycles. The van der Waals surface area contributed by atoms with Gasteiger partial charge in [-0.1, -0.05) is 20.8 Å². The highest BCUT2D eigenvalue weighted by molar-refractivity contribution is 5.82. The van der Waals surface area contributed by atoms with Crippen molar-refractivity contribution in [3.8, 4) is 0 Å². The van der Waals surface area contributed by atoms with Gasteiger partial charge in [0.1, 0.15) is 18.0 Å². The molecular formula is C16H27N5O2. The van der Waals surface area contributed by atoms with Crippen LogP contribution in [0.4, 0.5) is 11.6 Å². The third kappa shape index (κ3) is 4.54. The minimum atomic E-state index is 0.0431. The molecule has 1 aliphatic heterocycles. The molecule has 1 aromatic heterocycles. The van der Waals surface area contributed by atoms with Gasteiger partial charge in [0.15, 0.2) is 0 Å². The SMILES string of the molecule is COC(CNc1cc(N2CCN(C)C(=O)C2)ncn1)C(C)(C)C. The van der Waals surface area contributed by atoms with Crippen LogP contribution in [-0.2, 0) is 9.53 Å². The molecule has 0 radical (unpaired) electrons. The first-order valence-electron chi connectivity index (χ1n) is 7.89. The number of anilines is 2. The zero-order valence-corrected chi connectivity index (χ0v) is 14.7. The second kappa shape index (κ2) is 7.12. The summed E-state index contributed by atoms with van der Waals surface area (Å²) in [5, 5.41) is 3.30. The number of carbonyl (C=O) groups is 1. The van der Waals surface area contributed by atoms with Crippen molar-refractivity contribution < 1.29 is 9.53 Å². The topological polar surface area (TPSA) is 70.6 Å². The molecule has 2 heterocycles. The first-order chi connectivity index (χ1) is 10.8. The average molecular weight is 321 g/mol. The quantitative estimate of drug-likeness (QED) is 0.879. The van der Waals surface area contributed by atoms with Crippen molar-refractivity contribution in [3.05, 3.63) is 12.4 Å². The number of nitrogens with zero attached hydrogens (tertiary/aromatic N) is 4. The molecule has 1 aromatic rings. The van der Waals surface area contributed by atoms with Gasteiger partial charge >= 0.3 is 0 Å². The van der Waals surface area contributed by atoms with E-state index >= 15 is 0 Å². The first kappa shape index (κ1) is 17.5. The van der Waals surface area contributed by atoms with E-state index < -0.39 is 0 Å². The normalized spacial score (nSPS) is 17.3. The molecule has 1 atom stereocenters. The van der Waals surface area contributed by atoms with Crippen LogP contribution in [0.1, 0.15) is 20.8 Å².